The van der Waals surface area contributed by atoms with E-state index in [0.29, 0.717) is 36.9 Å². The van der Waals surface area contributed by atoms with Crippen LogP contribution in [0.5, 0.6) is 0 Å². The maximum atomic E-state index is 12.1. The van der Waals surface area contributed by atoms with Crippen molar-refractivity contribution in [3.63, 3.8) is 0 Å². The molecule has 2 heterocycles. The lowest BCUT2D eigenvalue weighted by molar-refractivity contribution is -0.145. The van der Waals surface area contributed by atoms with E-state index in [-0.39, 0.29) is 17.9 Å². The van der Waals surface area contributed by atoms with E-state index in [1.807, 2.05) is 6.92 Å². The molecule has 6 heteroatoms. The number of ether oxygens (including phenoxy) is 1. The zero-order chi connectivity index (χ0) is 13.8. The van der Waals surface area contributed by atoms with Crippen molar-refractivity contribution in [1.29, 1.82) is 0 Å². The number of carboxylic acids is 1. The summed E-state index contributed by atoms with van der Waals surface area (Å²) in [6.45, 7) is 3.99. The summed E-state index contributed by atoms with van der Waals surface area (Å²) in [6, 6.07) is 0. The maximum absolute atomic E-state index is 12.1. The largest absolute Gasteiger partial charge is 0.481 e. The van der Waals surface area contributed by atoms with Crippen LogP contribution in [0.1, 0.15) is 26.2 Å². The second-order valence-electron chi connectivity index (χ2n) is 5.21. The van der Waals surface area contributed by atoms with Crippen LogP contribution in [0.15, 0.2) is 0 Å². The molecule has 2 unspecified atom stereocenters. The van der Waals surface area contributed by atoms with E-state index in [0.717, 1.165) is 13.0 Å². The van der Waals surface area contributed by atoms with Crippen molar-refractivity contribution in [2.45, 2.75) is 37.5 Å². The number of aliphatic carboxylic acids is 1. The standard InChI is InChI=1S/C13H21NO4S/c1-9-11(4-7-18-9)19-8-12(15)14-5-2-10(3-6-14)13(16)17/h9-11H,2-8H2,1H3,(H,16,17). The Labute approximate surface area is 117 Å². The van der Waals surface area contributed by atoms with E-state index in [4.69, 9.17) is 9.84 Å². The first-order chi connectivity index (χ1) is 9.08. The molecule has 5 nitrogen and oxygen atoms in total. The number of piperidine rings is 1. The molecule has 0 aliphatic carbocycles. The van der Waals surface area contributed by atoms with E-state index in [1.165, 1.54) is 0 Å². The van der Waals surface area contributed by atoms with Crippen LogP contribution >= 0.6 is 11.8 Å². The highest BCUT2D eigenvalue weighted by Crippen LogP contribution is 2.27. The van der Waals surface area contributed by atoms with Crippen LogP contribution in [0.25, 0.3) is 0 Å². The second-order valence-corrected chi connectivity index (χ2v) is 6.43. The molecule has 1 N–H and O–H groups in total. The summed E-state index contributed by atoms with van der Waals surface area (Å²) in [5.74, 6) is -0.401. The first-order valence-corrected chi connectivity index (χ1v) is 7.86. The van der Waals surface area contributed by atoms with E-state index in [2.05, 4.69) is 0 Å². The number of hydrogen-bond donors (Lipinski definition) is 1. The number of hydrogen-bond acceptors (Lipinski definition) is 4. The van der Waals surface area contributed by atoms with Crippen molar-refractivity contribution >= 4 is 23.6 Å². The Hall–Kier alpha value is -0.750. The van der Waals surface area contributed by atoms with Gasteiger partial charge in [0.25, 0.3) is 0 Å². The van der Waals surface area contributed by atoms with E-state index in [9.17, 15) is 9.59 Å². The van der Waals surface area contributed by atoms with Gasteiger partial charge in [-0.15, -0.1) is 11.8 Å². The Kier molecular flexibility index (Phi) is 5.10. The van der Waals surface area contributed by atoms with E-state index in [1.54, 1.807) is 16.7 Å². The van der Waals surface area contributed by atoms with Gasteiger partial charge < -0.3 is 14.7 Å². The van der Waals surface area contributed by atoms with Gasteiger partial charge in [-0.2, -0.15) is 0 Å². The molecule has 1 amide bonds. The van der Waals surface area contributed by atoms with Gasteiger partial charge in [-0.3, -0.25) is 9.59 Å². The van der Waals surface area contributed by atoms with Crippen molar-refractivity contribution in [3.05, 3.63) is 0 Å². The number of carbonyl (C=O) groups is 2. The highest BCUT2D eigenvalue weighted by atomic mass is 32.2. The number of carbonyl (C=O) groups excluding carboxylic acids is 1. The van der Waals surface area contributed by atoms with Crippen molar-refractivity contribution in [2.75, 3.05) is 25.4 Å². The number of likely N-dealkylation sites (tertiary alicyclic amines) is 1. The molecule has 0 spiro atoms. The molecule has 2 fully saturated rings. The number of thioether (sulfide) groups is 1. The molecule has 2 rings (SSSR count). The first-order valence-electron chi connectivity index (χ1n) is 6.81. The normalized spacial score (nSPS) is 28.6. The summed E-state index contributed by atoms with van der Waals surface area (Å²) < 4.78 is 5.47. The molecule has 0 aromatic carbocycles. The summed E-state index contributed by atoms with van der Waals surface area (Å²) in [4.78, 5) is 24.7. The summed E-state index contributed by atoms with van der Waals surface area (Å²) in [7, 11) is 0. The monoisotopic (exact) mass is 287 g/mol. The molecule has 0 radical (unpaired) electrons. The lowest BCUT2D eigenvalue weighted by atomic mass is 9.97. The Bertz CT molecular complexity index is 342. The Morgan fingerprint density at radius 3 is 2.53 bits per heavy atom. The van der Waals surface area contributed by atoms with Crippen LogP contribution in [0, 0.1) is 5.92 Å². The fraction of sp³-hybridized carbons (Fsp3) is 0.846. The summed E-state index contributed by atoms with van der Waals surface area (Å²) in [5.41, 5.74) is 0. The third-order valence-corrected chi connectivity index (χ3v) is 5.39. The molecular formula is C13H21NO4S. The number of carboxylic acid groups (broad SMARTS) is 1. The SMILES string of the molecule is CC1OCCC1SCC(=O)N1CCC(C(=O)O)CC1. The topological polar surface area (TPSA) is 66.8 Å². The zero-order valence-corrected chi connectivity index (χ0v) is 12.0. The molecule has 2 aliphatic rings. The van der Waals surface area contributed by atoms with E-state index >= 15 is 0 Å². The number of rotatable bonds is 4. The predicted octanol–water partition coefficient (Wildman–Crippen LogP) is 1.22. The van der Waals surface area contributed by atoms with Gasteiger partial charge in [0.15, 0.2) is 0 Å². The van der Waals surface area contributed by atoms with Crippen LogP contribution in [0.2, 0.25) is 0 Å². The summed E-state index contributed by atoms with van der Waals surface area (Å²) in [6.07, 6.45) is 2.40. The van der Waals surface area contributed by atoms with Gasteiger partial charge in [-0.05, 0) is 26.2 Å². The van der Waals surface area contributed by atoms with Crippen molar-refractivity contribution < 1.29 is 19.4 Å². The average Bonchev–Trinajstić information content (AvgIpc) is 2.81. The highest BCUT2D eigenvalue weighted by molar-refractivity contribution is 8.00. The third-order valence-electron chi connectivity index (χ3n) is 3.92. The van der Waals surface area contributed by atoms with Crippen molar-refractivity contribution in [1.82, 2.24) is 4.90 Å². The van der Waals surface area contributed by atoms with Crippen molar-refractivity contribution in [3.8, 4) is 0 Å². The van der Waals surface area contributed by atoms with Gasteiger partial charge in [0.2, 0.25) is 5.91 Å². The Balaban J connectivity index is 1.71. The Morgan fingerprint density at radius 1 is 1.32 bits per heavy atom. The minimum Gasteiger partial charge on any atom is -0.481 e. The van der Waals surface area contributed by atoms with Crippen LogP contribution in [0.4, 0.5) is 0 Å². The van der Waals surface area contributed by atoms with Crippen LogP contribution in [0.3, 0.4) is 0 Å². The molecule has 108 valence electrons. The zero-order valence-electron chi connectivity index (χ0n) is 11.2. The third kappa shape index (κ3) is 3.86. The average molecular weight is 287 g/mol. The van der Waals surface area contributed by atoms with Crippen LogP contribution in [-0.4, -0.2) is 58.7 Å². The first kappa shape index (κ1) is 14.7. The Morgan fingerprint density at radius 2 is 2.00 bits per heavy atom. The number of amides is 1. The second kappa shape index (κ2) is 6.61. The lowest BCUT2D eigenvalue weighted by Gasteiger charge is -2.30. The molecule has 0 saturated carbocycles. The summed E-state index contributed by atoms with van der Waals surface area (Å²) >= 11 is 1.67. The smallest absolute Gasteiger partial charge is 0.306 e. The van der Waals surface area contributed by atoms with Crippen LogP contribution in [-0.2, 0) is 14.3 Å². The van der Waals surface area contributed by atoms with E-state index < -0.39 is 5.97 Å². The molecule has 19 heavy (non-hydrogen) atoms. The molecule has 2 atom stereocenters. The van der Waals surface area contributed by atoms with Gasteiger partial charge in [-0.1, -0.05) is 0 Å². The fourth-order valence-corrected chi connectivity index (χ4v) is 3.73. The number of nitrogens with zero attached hydrogens (tertiary/aromatic N) is 1. The molecule has 0 aromatic rings. The quantitative estimate of drug-likeness (QED) is 0.842. The molecule has 2 saturated heterocycles. The predicted molar refractivity (Wildman–Crippen MR) is 73.2 cm³/mol. The highest BCUT2D eigenvalue weighted by Gasteiger charge is 2.29. The molecule has 0 aromatic heterocycles. The van der Waals surface area contributed by atoms with Gasteiger partial charge in [0, 0.05) is 24.9 Å². The minimum absolute atomic E-state index is 0.132. The van der Waals surface area contributed by atoms with Crippen LogP contribution < -0.4 is 0 Å². The van der Waals surface area contributed by atoms with Gasteiger partial charge >= 0.3 is 5.97 Å². The molecular weight excluding hydrogens is 266 g/mol. The molecule has 2 aliphatic heterocycles. The van der Waals surface area contributed by atoms with Gasteiger partial charge in [0.05, 0.1) is 17.8 Å². The van der Waals surface area contributed by atoms with Gasteiger partial charge in [-0.25, -0.2) is 0 Å². The fourth-order valence-electron chi connectivity index (χ4n) is 2.58. The van der Waals surface area contributed by atoms with Crippen molar-refractivity contribution in [2.24, 2.45) is 5.92 Å². The summed E-state index contributed by atoms with van der Waals surface area (Å²) in [5, 5.41) is 9.33. The maximum Gasteiger partial charge on any atom is 0.306 e. The molecule has 0 bridgehead atoms. The van der Waals surface area contributed by atoms with Gasteiger partial charge in [0.1, 0.15) is 0 Å². The minimum atomic E-state index is -0.738. The lowest BCUT2D eigenvalue weighted by Crippen LogP contribution is -2.41.